The Kier molecular flexibility index (Phi) is 6.37. The van der Waals surface area contributed by atoms with Crippen molar-refractivity contribution < 1.29 is 14.4 Å². The number of nitrogens with zero attached hydrogens (tertiary/aromatic N) is 4. The lowest BCUT2D eigenvalue weighted by atomic mass is 10.2. The molecule has 0 fully saturated rings. The fourth-order valence-electron chi connectivity index (χ4n) is 3.16. The summed E-state index contributed by atoms with van der Waals surface area (Å²) in [5.41, 5.74) is 2.66. The molecule has 0 aliphatic rings. The van der Waals surface area contributed by atoms with Gasteiger partial charge in [0.2, 0.25) is 0 Å². The molecule has 0 saturated heterocycles. The first kappa shape index (κ1) is 21.4. The highest BCUT2D eigenvalue weighted by atomic mass is 32.2. The van der Waals surface area contributed by atoms with E-state index in [0.29, 0.717) is 16.7 Å². The molecule has 9 heteroatoms. The van der Waals surface area contributed by atoms with Crippen LogP contribution in [0.3, 0.4) is 0 Å². The molecule has 1 aromatic heterocycles. The summed E-state index contributed by atoms with van der Waals surface area (Å²) in [5, 5.41) is 20.6. The molecule has 4 aromatic rings. The van der Waals surface area contributed by atoms with Gasteiger partial charge in [0.05, 0.1) is 19.1 Å². The van der Waals surface area contributed by atoms with E-state index in [4.69, 9.17) is 9.47 Å². The molecule has 0 aliphatic carbocycles. The number of aromatic nitrogens is 3. The fraction of sp³-hybridized carbons (Fsp3) is 0.130. The predicted molar refractivity (Wildman–Crippen MR) is 123 cm³/mol. The molecule has 0 saturated carbocycles. The van der Waals surface area contributed by atoms with Gasteiger partial charge in [-0.15, -0.1) is 10.2 Å². The second-order valence-corrected chi connectivity index (χ2v) is 7.73. The molecule has 0 aliphatic heterocycles. The second-order valence-electron chi connectivity index (χ2n) is 6.78. The van der Waals surface area contributed by atoms with Crippen molar-refractivity contribution in [3.05, 3.63) is 88.5 Å². The van der Waals surface area contributed by atoms with Gasteiger partial charge in [0.1, 0.15) is 11.5 Å². The molecule has 0 amide bonds. The minimum absolute atomic E-state index is 0.0682. The number of nitro benzene ring substituents is 1. The summed E-state index contributed by atoms with van der Waals surface area (Å²) in [4.78, 5) is 10.7. The summed E-state index contributed by atoms with van der Waals surface area (Å²) >= 11 is 1.46. The third-order valence-corrected chi connectivity index (χ3v) is 5.80. The molecule has 0 spiro atoms. The number of non-ortho nitro benzene ring substituents is 1. The maximum Gasteiger partial charge on any atom is 0.269 e. The van der Waals surface area contributed by atoms with Crippen molar-refractivity contribution in [3.8, 4) is 28.6 Å². The van der Waals surface area contributed by atoms with Crippen molar-refractivity contribution in [2.75, 3.05) is 14.2 Å². The minimum Gasteiger partial charge on any atom is -0.497 e. The van der Waals surface area contributed by atoms with Gasteiger partial charge in [-0.25, -0.2) is 0 Å². The molecule has 4 rings (SSSR count). The van der Waals surface area contributed by atoms with E-state index in [1.54, 1.807) is 26.4 Å². The van der Waals surface area contributed by atoms with Gasteiger partial charge in [-0.1, -0.05) is 23.9 Å². The van der Waals surface area contributed by atoms with Crippen LogP contribution in [0.5, 0.6) is 11.5 Å². The SMILES string of the molecule is COc1ccc(-c2nnc(SCc3cccc([N+](=O)[O-])c3)n2-c2ccc(OC)cc2)cc1. The number of ether oxygens (including phenoxy) is 2. The summed E-state index contributed by atoms with van der Waals surface area (Å²) in [6.07, 6.45) is 0. The topological polar surface area (TPSA) is 92.3 Å². The summed E-state index contributed by atoms with van der Waals surface area (Å²) in [7, 11) is 3.24. The Balaban J connectivity index is 1.70. The smallest absolute Gasteiger partial charge is 0.269 e. The maximum absolute atomic E-state index is 11.1. The van der Waals surface area contributed by atoms with Crippen molar-refractivity contribution in [3.63, 3.8) is 0 Å². The van der Waals surface area contributed by atoms with Crippen molar-refractivity contribution in [2.24, 2.45) is 0 Å². The number of methoxy groups -OCH3 is 2. The number of nitro groups is 1. The highest BCUT2D eigenvalue weighted by Crippen LogP contribution is 2.31. The Bertz CT molecular complexity index is 1220. The highest BCUT2D eigenvalue weighted by Gasteiger charge is 2.17. The van der Waals surface area contributed by atoms with E-state index in [2.05, 4.69) is 10.2 Å². The van der Waals surface area contributed by atoms with E-state index >= 15 is 0 Å². The van der Waals surface area contributed by atoms with Crippen molar-refractivity contribution in [2.45, 2.75) is 10.9 Å². The average Bonchev–Trinajstić information content (AvgIpc) is 3.27. The quantitative estimate of drug-likeness (QED) is 0.209. The van der Waals surface area contributed by atoms with Crippen LogP contribution in [0.1, 0.15) is 5.56 Å². The molecule has 0 radical (unpaired) electrons. The fourth-order valence-corrected chi connectivity index (χ4v) is 4.06. The molecule has 0 N–H and O–H groups in total. The first-order chi connectivity index (χ1) is 15.6. The van der Waals surface area contributed by atoms with Crippen LogP contribution in [-0.4, -0.2) is 33.9 Å². The Morgan fingerprint density at radius 3 is 2.22 bits per heavy atom. The van der Waals surface area contributed by atoms with Crippen LogP contribution in [0, 0.1) is 10.1 Å². The Morgan fingerprint density at radius 2 is 1.59 bits per heavy atom. The van der Waals surface area contributed by atoms with Crippen LogP contribution in [0.2, 0.25) is 0 Å². The first-order valence-electron chi connectivity index (χ1n) is 9.69. The average molecular weight is 449 g/mol. The second kappa shape index (κ2) is 9.52. The van der Waals surface area contributed by atoms with Crippen molar-refractivity contribution in [1.82, 2.24) is 14.8 Å². The van der Waals surface area contributed by atoms with Gasteiger partial charge in [-0.3, -0.25) is 14.7 Å². The van der Waals surface area contributed by atoms with E-state index in [9.17, 15) is 10.1 Å². The van der Waals surface area contributed by atoms with E-state index in [-0.39, 0.29) is 5.69 Å². The van der Waals surface area contributed by atoms with Gasteiger partial charge < -0.3 is 9.47 Å². The molecule has 32 heavy (non-hydrogen) atoms. The monoisotopic (exact) mass is 448 g/mol. The van der Waals surface area contributed by atoms with Crippen LogP contribution in [0.15, 0.2) is 78.0 Å². The molecule has 8 nitrogen and oxygen atoms in total. The minimum atomic E-state index is -0.393. The summed E-state index contributed by atoms with van der Waals surface area (Å²) in [6, 6.07) is 21.8. The normalized spacial score (nSPS) is 10.7. The number of thioether (sulfide) groups is 1. The van der Waals surface area contributed by atoms with Gasteiger partial charge in [-0.05, 0) is 54.1 Å². The van der Waals surface area contributed by atoms with E-state index in [1.807, 2.05) is 59.2 Å². The zero-order valence-corrected chi connectivity index (χ0v) is 18.3. The van der Waals surface area contributed by atoms with Crippen LogP contribution in [0.25, 0.3) is 17.1 Å². The Hall–Kier alpha value is -3.85. The number of hydrogen-bond acceptors (Lipinski definition) is 7. The zero-order chi connectivity index (χ0) is 22.5. The summed E-state index contributed by atoms with van der Waals surface area (Å²) in [6.45, 7) is 0. The molecule has 0 unspecified atom stereocenters. The van der Waals surface area contributed by atoms with Gasteiger partial charge in [0.25, 0.3) is 5.69 Å². The lowest BCUT2D eigenvalue weighted by molar-refractivity contribution is -0.384. The van der Waals surface area contributed by atoms with Crippen LogP contribution in [-0.2, 0) is 5.75 Å². The van der Waals surface area contributed by atoms with Gasteiger partial charge in [0.15, 0.2) is 11.0 Å². The molecule has 3 aromatic carbocycles. The van der Waals surface area contributed by atoms with Gasteiger partial charge >= 0.3 is 0 Å². The number of hydrogen-bond donors (Lipinski definition) is 0. The third kappa shape index (κ3) is 4.57. The lowest BCUT2D eigenvalue weighted by Gasteiger charge is -2.11. The molecule has 0 atom stereocenters. The van der Waals surface area contributed by atoms with Gasteiger partial charge in [-0.2, -0.15) is 0 Å². The largest absolute Gasteiger partial charge is 0.497 e. The van der Waals surface area contributed by atoms with Crippen LogP contribution in [0.4, 0.5) is 5.69 Å². The molecule has 0 bridgehead atoms. The number of benzene rings is 3. The lowest BCUT2D eigenvalue weighted by Crippen LogP contribution is -2.00. The molecule has 1 heterocycles. The van der Waals surface area contributed by atoms with E-state index < -0.39 is 4.92 Å². The Labute approximate surface area is 189 Å². The van der Waals surface area contributed by atoms with E-state index in [0.717, 1.165) is 28.3 Å². The molecule has 162 valence electrons. The predicted octanol–water partition coefficient (Wildman–Crippen LogP) is 5.15. The molecular weight excluding hydrogens is 428 g/mol. The maximum atomic E-state index is 11.1. The third-order valence-electron chi connectivity index (χ3n) is 4.80. The molecular formula is C23H20N4O4S. The number of rotatable bonds is 8. The Morgan fingerprint density at radius 1 is 0.938 bits per heavy atom. The van der Waals surface area contributed by atoms with Crippen molar-refractivity contribution >= 4 is 17.4 Å². The zero-order valence-electron chi connectivity index (χ0n) is 17.5. The summed E-state index contributed by atoms with van der Waals surface area (Å²) < 4.78 is 12.5. The van der Waals surface area contributed by atoms with Gasteiger partial charge in [0, 0.05) is 29.1 Å². The van der Waals surface area contributed by atoms with E-state index in [1.165, 1.54) is 17.8 Å². The summed E-state index contributed by atoms with van der Waals surface area (Å²) in [5.74, 6) is 2.70. The first-order valence-corrected chi connectivity index (χ1v) is 10.7. The van der Waals surface area contributed by atoms with Crippen LogP contribution >= 0.6 is 11.8 Å². The van der Waals surface area contributed by atoms with Crippen LogP contribution < -0.4 is 9.47 Å². The highest BCUT2D eigenvalue weighted by molar-refractivity contribution is 7.98. The standard InChI is InChI=1S/C23H20N4O4S/c1-30-20-10-6-17(7-11-20)22-24-25-23(26(22)18-8-12-21(31-2)13-9-18)32-15-16-4-3-5-19(14-16)27(28)29/h3-14H,15H2,1-2H3. The van der Waals surface area contributed by atoms with Crippen molar-refractivity contribution in [1.29, 1.82) is 0 Å².